The molecule has 2 N–H and O–H groups in total. The molecule has 90 valence electrons. The zero-order valence-corrected chi connectivity index (χ0v) is 11.1. The van der Waals surface area contributed by atoms with E-state index in [9.17, 15) is 8.42 Å². The molecule has 0 fully saturated rings. The minimum absolute atomic E-state index is 0.0378. The first-order valence-corrected chi connectivity index (χ1v) is 6.86. The molecule has 0 saturated heterocycles. The Bertz CT molecular complexity index is 484. The van der Waals surface area contributed by atoms with Crippen LogP contribution in [-0.4, -0.2) is 19.7 Å². The highest BCUT2D eigenvalue weighted by Gasteiger charge is 2.25. The zero-order valence-electron chi connectivity index (χ0n) is 10.2. The van der Waals surface area contributed by atoms with Crippen molar-refractivity contribution in [1.29, 1.82) is 0 Å². The van der Waals surface area contributed by atoms with Crippen LogP contribution in [0.2, 0.25) is 0 Å². The number of hydrogen-bond acceptors (Lipinski definition) is 3. The Hall–Kier alpha value is -0.870. The Labute approximate surface area is 97.6 Å². The topological polar surface area (TPSA) is 60.2 Å². The monoisotopic (exact) mass is 241 g/mol. The molecule has 3 nitrogen and oxygen atoms in total. The van der Waals surface area contributed by atoms with Crippen LogP contribution in [0.3, 0.4) is 0 Å². The maximum absolute atomic E-state index is 12.1. The highest BCUT2D eigenvalue weighted by molar-refractivity contribution is 7.91. The van der Waals surface area contributed by atoms with Gasteiger partial charge in [-0.1, -0.05) is 17.7 Å². The van der Waals surface area contributed by atoms with Crippen molar-refractivity contribution < 1.29 is 8.42 Å². The Morgan fingerprint density at radius 3 is 2.25 bits per heavy atom. The van der Waals surface area contributed by atoms with Crippen molar-refractivity contribution in [1.82, 2.24) is 0 Å². The molecule has 0 bridgehead atoms. The average Bonchev–Trinajstić information content (AvgIpc) is 1.97. The van der Waals surface area contributed by atoms with Crippen molar-refractivity contribution in [2.75, 3.05) is 5.75 Å². The van der Waals surface area contributed by atoms with Crippen molar-refractivity contribution in [3.8, 4) is 0 Å². The van der Waals surface area contributed by atoms with E-state index < -0.39 is 15.4 Å². The molecule has 16 heavy (non-hydrogen) atoms. The van der Waals surface area contributed by atoms with Crippen LogP contribution in [-0.2, 0) is 9.84 Å². The van der Waals surface area contributed by atoms with Crippen LogP contribution >= 0.6 is 0 Å². The van der Waals surface area contributed by atoms with Gasteiger partial charge >= 0.3 is 0 Å². The molecule has 1 aromatic carbocycles. The molecule has 0 saturated carbocycles. The number of benzene rings is 1. The summed E-state index contributed by atoms with van der Waals surface area (Å²) in [6.07, 6.45) is 0. The van der Waals surface area contributed by atoms with Crippen LogP contribution in [0.25, 0.3) is 0 Å². The number of aryl methyl sites for hydroxylation is 2. The maximum Gasteiger partial charge on any atom is 0.180 e. The molecule has 0 unspecified atom stereocenters. The van der Waals surface area contributed by atoms with Gasteiger partial charge in [0.05, 0.1) is 10.6 Å². The molecule has 0 radical (unpaired) electrons. The summed E-state index contributed by atoms with van der Waals surface area (Å²) in [7, 11) is -3.29. The molecule has 0 aliphatic carbocycles. The van der Waals surface area contributed by atoms with Crippen molar-refractivity contribution in [2.24, 2.45) is 5.73 Å². The SMILES string of the molecule is Cc1ccc(S(=O)(=O)CC(C)(C)N)c(C)c1. The quantitative estimate of drug-likeness (QED) is 0.878. The lowest BCUT2D eigenvalue weighted by molar-refractivity contribution is 0.544. The fourth-order valence-corrected chi connectivity index (χ4v) is 3.68. The molecule has 0 aromatic heterocycles. The number of rotatable bonds is 3. The second-order valence-electron chi connectivity index (χ2n) is 5.02. The van der Waals surface area contributed by atoms with Crippen molar-refractivity contribution in [3.05, 3.63) is 29.3 Å². The van der Waals surface area contributed by atoms with E-state index in [4.69, 9.17) is 5.73 Å². The molecule has 4 heteroatoms. The molecular formula is C12H19NO2S. The molecule has 1 aromatic rings. The van der Waals surface area contributed by atoms with Crippen LogP contribution in [0.15, 0.2) is 23.1 Å². The fraction of sp³-hybridized carbons (Fsp3) is 0.500. The lowest BCUT2D eigenvalue weighted by Crippen LogP contribution is -2.40. The Kier molecular flexibility index (Phi) is 3.45. The van der Waals surface area contributed by atoms with Gasteiger partial charge in [0.1, 0.15) is 0 Å². The highest BCUT2D eigenvalue weighted by atomic mass is 32.2. The standard InChI is InChI=1S/C12H19NO2S/c1-9-5-6-11(10(2)7-9)16(14,15)8-12(3,4)13/h5-7H,8,13H2,1-4H3. The highest BCUT2D eigenvalue weighted by Crippen LogP contribution is 2.20. The Balaban J connectivity index is 3.18. The van der Waals surface area contributed by atoms with E-state index in [1.54, 1.807) is 19.9 Å². The van der Waals surface area contributed by atoms with Crippen LogP contribution in [0.4, 0.5) is 0 Å². The summed E-state index contributed by atoms with van der Waals surface area (Å²) in [5, 5.41) is 0. The van der Waals surface area contributed by atoms with Crippen LogP contribution in [0.1, 0.15) is 25.0 Å². The van der Waals surface area contributed by atoms with Crippen LogP contribution < -0.4 is 5.73 Å². The van der Waals surface area contributed by atoms with E-state index >= 15 is 0 Å². The number of nitrogens with two attached hydrogens (primary N) is 1. The lowest BCUT2D eigenvalue weighted by atomic mass is 10.1. The predicted octanol–water partition coefficient (Wildman–Crippen LogP) is 1.81. The van der Waals surface area contributed by atoms with E-state index in [1.165, 1.54) is 0 Å². The van der Waals surface area contributed by atoms with E-state index in [0.29, 0.717) is 4.90 Å². The van der Waals surface area contributed by atoms with Crippen LogP contribution in [0, 0.1) is 13.8 Å². The summed E-state index contributed by atoms with van der Waals surface area (Å²) in [6.45, 7) is 7.18. The van der Waals surface area contributed by atoms with Gasteiger partial charge in [-0.2, -0.15) is 0 Å². The summed E-state index contributed by atoms with van der Waals surface area (Å²) in [5.41, 5.74) is 6.89. The minimum Gasteiger partial charge on any atom is -0.325 e. The van der Waals surface area contributed by atoms with Gasteiger partial charge in [-0.3, -0.25) is 0 Å². The molecule has 0 aliphatic heterocycles. The van der Waals surface area contributed by atoms with Gasteiger partial charge in [0, 0.05) is 5.54 Å². The fourth-order valence-electron chi connectivity index (χ4n) is 1.72. The smallest absolute Gasteiger partial charge is 0.180 e. The Morgan fingerprint density at radius 2 is 1.81 bits per heavy atom. The molecule has 0 aliphatic rings. The maximum atomic E-state index is 12.1. The molecule has 1 rings (SSSR count). The number of sulfone groups is 1. The molecule has 0 amide bonds. The van der Waals surface area contributed by atoms with Gasteiger partial charge in [0.25, 0.3) is 0 Å². The summed E-state index contributed by atoms with van der Waals surface area (Å²) >= 11 is 0. The summed E-state index contributed by atoms with van der Waals surface area (Å²) in [6, 6.07) is 5.34. The molecule has 0 spiro atoms. The first-order valence-electron chi connectivity index (χ1n) is 5.21. The third kappa shape index (κ3) is 3.32. The van der Waals surface area contributed by atoms with Gasteiger partial charge in [-0.25, -0.2) is 8.42 Å². The van der Waals surface area contributed by atoms with E-state index in [-0.39, 0.29) is 5.75 Å². The van der Waals surface area contributed by atoms with E-state index in [0.717, 1.165) is 11.1 Å². The van der Waals surface area contributed by atoms with Crippen molar-refractivity contribution in [3.63, 3.8) is 0 Å². The minimum atomic E-state index is -3.29. The largest absolute Gasteiger partial charge is 0.325 e. The second-order valence-corrected chi connectivity index (χ2v) is 6.97. The number of hydrogen-bond donors (Lipinski definition) is 1. The molecular weight excluding hydrogens is 222 g/mol. The predicted molar refractivity (Wildman–Crippen MR) is 66.2 cm³/mol. The third-order valence-electron chi connectivity index (χ3n) is 2.23. The van der Waals surface area contributed by atoms with Gasteiger partial charge < -0.3 is 5.73 Å². The van der Waals surface area contributed by atoms with Gasteiger partial charge in [-0.15, -0.1) is 0 Å². The van der Waals surface area contributed by atoms with E-state index in [2.05, 4.69) is 0 Å². The third-order valence-corrected chi connectivity index (χ3v) is 4.48. The average molecular weight is 241 g/mol. The normalized spacial score (nSPS) is 12.8. The first kappa shape index (κ1) is 13.2. The van der Waals surface area contributed by atoms with Crippen LogP contribution in [0.5, 0.6) is 0 Å². The van der Waals surface area contributed by atoms with Crippen molar-refractivity contribution in [2.45, 2.75) is 38.1 Å². The summed E-state index contributed by atoms with van der Waals surface area (Å²) < 4.78 is 24.2. The first-order chi connectivity index (χ1) is 7.12. The summed E-state index contributed by atoms with van der Waals surface area (Å²) in [5.74, 6) is -0.0378. The Morgan fingerprint density at radius 1 is 1.25 bits per heavy atom. The van der Waals surface area contributed by atoms with E-state index in [1.807, 2.05) is 26.0 Å². The molecule has 0 atom stereocenters. The van der Waals surface area contributed by atoms with Gasteiger partial charge in [-0.05, 0) is 39.3 Å². The van der Waals surface area contributed by atoms with Gasteiger partial charge in [0.2, 0.25) is 0 Å². The van der Waals surface area contributed by atoms with Gasteiger partial charge in [0.15, 0.2) is 9.84 Å². The second kappa shape index (κ2) is 4.18. The lowest BCUT2D eigenvalue weighted by Gasteiger charge is -2.19. The summed E-state index contributed by atoms with van der Waals surface area (Å²) in [4.78, 5) is 0.386. The molecule has 0 heterocycles. The van der Waals surface area contributed by atoms with Crippen molar-refractivity contribution >= 4 is 9.84 Å². The zero-order chi connectivity index (χ0) is 12.6.